The molecule has 0 spiro atoms. The Hall–Kier alpha value is -2.83. The summed E-state index contributed by atoms with van der Waals surface area (Å²) in [6, 6.07) is 8.84. The molecule has 0 aliphatic heterocycles. The molecule has 1 aromatic carbocycles. The third kappa shape index (κ3) is 2.54. The highest BCUT2D eigenvalue weighted by Gasteiger charge is 2.16. The first kappa shape index (κ1) is 12.6. The van der Waals surface area contributed by atoms with Gasteiger partial charge in [0.1, 0.15) is 12.2 Å². The van der Waals surface area contributed by atoms with Crippen LogP contribution in [-0.4, -0.2) is 22.3 Å². The summed E-state index contributed by atoms with van der Waals surface area (Å²) >= 11 is 0. The molecule has 0 atom stereocenters. The van der Waals surface area contributed by atoms with Crippen LogP contribution in [0, 0.1) is 0 Å². The summed E-state index contributed by atoms with van der Waals surface area (Å²) in [6.07, 6.45) is 0. The Morgan fingerprint density at radius 3 is 2.47 bits per heavy atom. The van der Waals surface area contributed by atoms with E-state index in [0.717, 1.165) is 10.9 Å². The van der Waals surface area contributed by atoms with Crippen LogP contribution < -0.4 is 17.2 Å². The Balaban J connectivity index is 2.62. The second-order valence-electron chi connectivity index (χ2n) is 3.98. The van der Waals surface area contributed by atoms with Gasteiger partial charge in [-0.2, -0.15) is 4.99 Å². The number of carbonyl (C=O) groups is 2. The molecule has 1 heterocycles. The van der Waals surface area contributed by atoms with Crippen molar-refractivity contribution in [1.29, 1.82) is 0 Å². The van der Waals surface area contributed by atoms with Gasteiger partial charge in [-0.1, -0.05) is 18.2 Å². The molecule has 2 aromatic rings. The van der Waals surface area contributed by atoms with Gasteiger partial charge in [-0.3, -0.25) is 9.59 Å². The van der Waals surface area contributed by atoms with Crippen molar-refractivity contribution in [1.82, 2.24) is 4.57 Å². The highest BCUT2D eigenvalue weighted by atomic mass is 16.2. The molecule has 0 fully saturated rings. The Morgan fingerprint density at radius 1 is 1.16 bits per heavy atom. The summed E-state index contributed by atoms with van der Waals surface area (Å²) in [4.78, 5) is 26.5. The number of benzene rings is 1. The zero-order valence-corrected chi connectivity index (χ0v) is 10.0. The number of aliphatic imine (C=N–C) groups is 1. The minimum Gasteiger partial charge on any atom is -0.370 e. The molecule has 6 N–H and O–H groups in total. The molecule has 7 heteroatoms. The van der Waals surface area contributed by atoms with E-state index in [1.54, 1.807) is 18.2 Å². The number of rotatable bonds is 3. The fourth-order valence-corrected chi connectivity index (χ4v) is 1.89. The van der Waals surface area contributed by atoms with Gasteiger partial charge < -0.3 is 21.8 Å². The number of aromatic nitrogens is 1. The molecule has 0 aliphatic carbocycles. The van der Waals surface area contributed by atoms with Crippen LogP contribution in [0.3, 0.4) is 0 Å². The van der Waals surface area contributed by atoms with Gasteiger partial charge in [-0.05, 0) is 12.1 Å². The first-order valence-electron chi connectivity index (χ1n) is 5.49. The molecule has 19 heavy (non-hydrogen) atoms. The molecule has 0 aliphatic rings. The van der Waals surface area contributed by atoms with E-state index < -0.39 is 11.8 Å². The van der Waals surface area contributed by atoms with Crippen molar-refractivity contribution in [3.63, 3.8) is 0 Å². The lowest BCUT2D eigenvalue weighted by Crippen LogP contribution is -2.25. The standard InChI is InChI=1S/C12H13N5O2/c13-10(18)6-17-8-4-2-1-3-7(8)5-9(17)11(19)16-12(14)15/h1-5H,6H2,(H2,13,18)(H4,14,15,16,19). The number of hydrogen-bond donors (Lipinski definition) is 3. The Labute approximate surface area is 108 Å². The Bertz CT molecular complexity index is 682. The number of primary amides is 1. The molecule has 0 saturated heterocycles. The summed E-state index contributed by atoms with van der Waals surface area (Å²) in [5.41, 5.74) is 16.5. The Morgan fingerprint density at radius 2 is 1.84 bits per heavy atom. The van der Waals surface area contributed by atoms with Crippen LogP contribution in [0.25, 0.3) is 10.9 Å². The van der Waals surface area contributed by atoms with Gasteiger partial charge in [-0.25, -0.2) is 0 Å². The van der Waals surface area contributed by atoms with Gasteiger partial charge in [0.15, 0.2) is 5.96 Å². The van der Waals surface area contributed by atoms with Crippen molar-refractivity contribution < 1.29 is 9.59 Å². The van der Waals surface area contributed by atoms with Gasteiger partial charge in [0.2, 0.25) is 5.91 Å². The summed E-state index contributed by atoms with van der Waals surface area (Å²) in [7, 11) is 0. The number of fused-ring (bicyclic) bond motifs is 1. The van der Waals surface area contributed by atoms with Gasteiger partial charge >= 0.3 is 0 Å². The highest BCUT2D eigenvalue weighted by molar-refractivity contribution is 6.04. The van der Waals surface area contributed by atoms with E-state index in [0.29, 0.717) is 0 Å². The predicted octanol–water partition coefficient (Wildman–Crippen LogP) is -0.460. The minimum atomic E-state index is -0.613. The van der Waals surface area contributed by atoms with Crippen LogP contribution in [0.2, 0.25) is 0 Å². The van der Waals surface area contributed by atoms with E-state index >= 15 is 0 Å². The van der Waals surface area contributed by atoms with Gasteiger partial charge in [0, 0.05) is 10.9 Å². The summed E-state index contributed by atoms with van der Waals surface area (Å²) < 4.78 is 1.49. The van der Waals surface area contributed by atoms with Crippen LogP contribution in [0.1, 0.15) is 10.5 Å². The van der Waals surface area contributed by atoms with Crippen LogP contribution >= 0.6 is 0 Å². The molecule has 0 saturated carbocycles. The van der Waals surface area contributed by atoms with E-state index in [4.69, 9.17) is 17.2 Å². The van der Waals surface area contributed by atoms with Crippen LogP contribution in [0.15, 0.2) is 35.3 Å². The smallest absolute Gasteiger partial charge is 0.296 e. The molecule has 98 valence electrons. The first-order chi connectivity index (χ1) is 8.99. The maximum absolute atomic E-state index is 11.9. The number of amides is 2. The number of nitrogens with zero attached hydrogens (tertiary/aromatic N) is 2. The quantitative estimate of drug-likeness (QED) is 0.508. The van der Waals surface area contributed by atoms with Crippen LogP contribution in [0.5, 0.6) is 0 Å². The maximum Gasteiger partial charge on any atom is 0.296 e. The number of carbonyl (C=O) groups excluding carboxylic acids is 2. The molecule has 0 radical (unpaired) electrons. The van der Waals surface area contributed by atoms with Gasteiger partial charge in [-0.15, -0.1) is 0 Å². The van der Waals surface area contributed by atoms with Gasteiger partial charge in [0.25, 0.3) is 5.91 Å². The van der Waals surface area contributed by atoms with Crippen molar-refractivity contribution in [3.05, 3.63) is 36.0 Å². The van der Waals surface area contributed by atoms with Crippen LogP contribution in [-0.2, 0) is 11.3 Å². The number of nitrogens with two attached hydrogens (primary N) is 3. The molecule has 2 amide bonds. The van der Waals surface area contributed by atoms with E-state index in [2.05, 4.69) is 4.99 Å². The third-order valence-corrected chi connectivity index (χ3v) is 2.57. The lowest BCUT2D eigenvalue weighted by Gasteiger charge is -2.05. The average molecular weight is 259 g/mol. The van der Waals surface area contributed by atoms with E-state index in [-0.39, 0.29) is 18.2 Å². The van der Waals surface area contributed by atoms with E-state index in [9.17, 15) is 9.59 Å². The molecular weight excluding hydrogens is 246 g/mol. The van der Waals surface area contributed by atoms with E-state index in [1.807, 2.05) is 12.1 Å². The molecular formula is C12H13N5O2. The second-order valence-corrected chi connectivity index (χ2v) is 3.98. The van der Waals surface area contributed by atoms with Crippen molar-refractivity contribution in [2.45, 2.75) is 6.54 Å². The number of hydrogen-bond acceptors (Lipinski definition) is 2. The molecule has 0 bridgehead atoms. The van der Waals surface area contributed by atoms with Gasteiger partial charge in [0.05, 0.1) is 0 Å². The van der Waals surface area contributed by atoms with Crippen molar-refractivity contribution >= 4 is 28.7 Å². The molecule has 1 aromatic heterocycles. The van der Waals surface area contributed by atoms with Crippen LogP contribution in [0.4, 0.5) is 0 Å². The van der Waals surface area contributed by atoms with Crippen molar-refractivity contribution in [3.8, 4) is 0 Å². The van der Waals surface area contributed by atoms with Crippen molar-refractivity contribution in [2.75, 3.05) is 0 Å². The van der Waals surface area contributed by atoms with Crippen molar-refractivity contribution in [2.24, 2.45) is 22.2 Å². The topological polar surface area (TPSA) is 129 Å². The average Bonchev–Trinajstić information content (AvgIpc) is 2.67. The first-order valence-corrected chi connectivity index (χ1v) is 5.49. The zero-order valence-electron chi connectivity index (χ0n) is 10.0. The second kappa shape index (κ2) is 4.81. The molecule has 7 nitrogen and oxygen atoms in total. The number of para-hydroxylation sites is 1. The largest absolute Gasteiger partial charge is 0.370 e. The summed E-state index contributed by atoms with van der Waals surface area (Å²) in [5.74, 6) is -1.50. The lowest BCUT2D eigenvalue weighted by molar-refractivity contribution is -0.118. The highest BCUT2D eigenvalue weighted by Crippen LogP contribution is 2.20. The minimum absolute atomic E-state index is 0.116. The normalized spacial score (nSPS) is 10.3. The molecule has 0 unspecified atom stereocenters. The maximum atomic E-state index is 11.9. The zero-order chi connectivity index (χ0) is 14.0. The fourth-order valence-electron chi connectivity index (χ4n) is 1.89. The summed E-state index contributed by atoms with van der Waals surface area (Å²) in [6.45, 7) is -0.116. The third-order valence-electron chi connectivity index (χ3n) is 2.57. The number of guanidine groups is 1. The lowest BCUT2D eigenvalue weighted by atomic mass is 10.2. The SMILES string of the molecule is NC(=O)Cn1c(C(=O)N=C(N)N)cc2ccccc21. The monoisotopic (exact) mass is 259 g/mol. The van der Waals surface area contributed by atoms with E-state index in [1.165, 1.54) is 4.57 Å². The predicted molar refractivity (Wildman–Crippen MR) is 71.3 cm³/mol. The fraction of sp³-hybridized carbons (Fsp3) is 0.0833. The summed E-state index contributed by atoms with van der Waals surface area (Å²) in [5, 5.41) is 0.804. The Kier molecular flexibility index (Phi) is 3.19. The molecule has 2 rings (SSSR count).